The van der Waals surface area contributed by atoms with Crippen LogP contribution in [0.25, 0.3) is 5.69 Å². The van der Waals surface area contributed by atoms with E-state index in [-0.39, 0.29) is 5.91 Å². The van der Waals surface area contributed by atoms with Gasteiger partial charge in [-0.25, -0.2) is 0 Å². The molecule has 0 atom stereocenters. The Hall–Kier alpha value is -3.42. The molecular formula is C16H15N5O3. The van der Waals surface area contributed by atoms with E-state index in [9.17, 15) is 4.79 Å². The molecule has 1 N–H and O–H groups in total. The van der Waals surface area contributed by atoms with Gasteiger partial charge in [0, 0.05) is 6.07 Å². The molecule has 122 valence electrons. The van der Waals surface area contributed by atoms with Gasteiger partial charge in [0.25, 0.3) is 5.91 Å². The summed E-state index contributed by atoms with van der Waals surface area (Å²) in [6.07, 6.45) is 1.43. The Labute approximate surface area is 138 Å². The van der Waals surface area contributed by atoms with Crippen LogP contribution in [0.3, 0.4) is 0 Å². The summed E-state index contributed by atoms with van der Waals surface area (Å²) >= 11 is 0. The Bertz CT molecular complexity index is 849. The summed E-state index contributed by atoms with van der Waals surface area (Å²) in [4.78, 5) is 12.7. The number of ether oxygens (including phenoxy) is 2. The molecule has 3 aromatic rings. The average molecular weight is 325 g/mol. The number of benzene rings is 2. The van der Waals surface area contributed by atoms with Crippen LogP contribution in [-0.4, -0.2) is 40.3 Å². The van der Waals surface area contributed by atoms with E-state index in [4.69, 9.17) is 9.47 Å². The first-order chi connectivity index (χ1) is 11.7. The van der Waals surface area contributed by atoms with Gasteiger partial charge in [-0.3, -0.25) is 4.79 Å². The maximum absolute atomic E-state index is 12.7. The largest absolute Gasteiger partial charge is 0.497 e. The van der Waals surface area contributed by atoms with Gasteiger partial charge in [-0.05, 0) is 34.7 Å². The Balaban J connectivity index is 1.94. The standard InChI is InChI=1S/C16H15N5O3/c1-23-11-7-8-15(24-2)13(9-11)18-16(22)12-5-3-4-6-14(12)21-10-17-19-20-21/h3-10H,1-2H3,(H,18,22). The molecule has 1 heterocycles. The summed E-state index contributed by atoms with van der Waals surface area (Å²) in [5.74, 6) is 0.830. The first-order valence-electron chi connectivity index (χ1n) is 7.08. The predicted molar refractivity (Wildman–Crippen MR) is 86.7 cm³/mol. The Kier molecular flexibility index (Phi) is 4.37. The molecule has 0 saturated heterocycles. The molecule has 0 saturated carbocycles. The number of carbonyl (C=O) groups is 1. The monoisotopic (exact) mass is 325 g/mol. The quantitative estimate of drug-likeness (QED) is 0.771. The summed E-state index contributed by atoms with van der Waals surface area (Å²) in [5, 5.41) is 13.9. The SMILES string of the molecule is COc1ccc(OC)c(NC(=O)c2ccccc2-n2cnnn2)c1. The van der Waals surface area contributed by atoms with Crippen molar-refractivity contribution in [3.63, 3.8) is 0 Å². The number of para-hydroxylation sites is 1. The van der Waals surface area contributed by atoms with E-state index in [0.29, 0.717) is 28.4 Å². The summed E-state index contributed by atoms with van der Waals surface area (Å²) in [5.41, 5.74) is 1.50. The van der Waals surface area contributed by atoms with Gasteiger partial charge in [-0.1, -0.05) is 12.1 Å². The number of hydrogen-bond donors (Lipinski definition) is 1. The second-order valence-electron chi connectivity index (χ2n) is 4.79. The fraction of sp³-hybridized carbons (Fsp3) is 0.125. The fourth-order valence-electron chi connectivity index (χ4n) is 2.24. The number of methoxy groups -OCH3 is 2. The molecule has 0 fully saturated rings. The topological polar surface area (TPSA) is 91.2 Å². The van der Waals surface area contributed by atoms with E-state index in [1.54, 1.807) is 49.6 Å². The molecule has 0 radical (unpaired) electrons. The Morgan fingerprint density at radius 3 is 2.67 bits per heavy atom. The van der Waals surface area contributed by atoms with Crippen LogP contribution in [0.15, 0.2) is 48.8 Å². The number of aromatic nitrogens is 4. The smallest absolute Gasteiger partial charge is 0.257 e. The van der Waals surface area contributed by atoms with Gasteiger partial charge in [0.1, 0.15) is 17.8 Å². The molecular weight excluding hydrogens is 310 g/mol. The Morgan fingerprint density at radius 2 is 1.96 bits per heavy atom. The zero-order valence-corrected chi connectivity index (χ0v) is 13.1. The van der Waals surface area contributed by atoms with Gasteiger partial charge in [0.15, 0.2) is 0 Å². The molecule has 0 unspecified atom stereocenters. The number of nitrogens with zero attached hydrogens (tertiary/aromatic N) is 4. The van der Waals surface area contributed by atoms with Crippen LogP contribution in [-0.2, 0) is 0 Å². The van der Waals surface area contributed by atoms with Gasteiger partial charge in [-0.2, -0.15) is 4.68 Å². The fourth-order valence-corrected chi connectivity index (χ4v) is 2.24. The third kappa shape index (κ3) is 3.02. The molecule has 8 nitrogen and oxygen atoms in total. The second kappa shape index (κ2) is 6.78. The lowest BCUT2D eigenvalue weighted by Crippen LogP contribution is -2.16. The second-order valence-corrected chi connectivity index (χ2v) is 4.79. The number of amides is 1. The van der Waals surface area contributed by atoms with Crippen LogP contribution >= 0.6 is 0 Å². The first kappa shape index (κ1) is 15.5. The van der Waals surface area contributed by atoms with Gasteiger partial charge in [0.2, 0.25) is 0 Å². The van der Waals surface area contributed by atoms with Crippen molar-refractivity contribution in [2.24, 2.45) is 0 Å². The van der Waals surface area contributed by atoms with Crippen LogP contribution in [0, 0.1) is 0 Å². The minimum absolute atomic E-state index is 0.312. The van der Waals surface area contributed by atoms with Gasteiger partial charge in [-0.15, -0.1) is 5.10 Å². The average Bonchev–Trinajstić information content (AvgIpc) is 3.16. The molecule has 0 bridgehead atoms. The summed E-state index contributed by atoms with van der Waals surface area (Å²) in [6, 6.07) is 12.2. The number of rotatable bonds is 5. The number of tetrazole rings is 1. The van der Waals surface area contributed by atoms with Crippen molar-refractivity contribution >= 4 is 11.6 Å². The highest BCUT2D eigenvalue weighted by atomic mass is 16.5. The van der Waals surface area contributed by atoms with E-state index in [1.807, 2.05) is 0 Å². The lowest BCUT2D eigenvalue weighted by Gasteiger charge is -2.13. The number of anilines is 1. The van der Waals surface area contributed by atoms with Gasteiger partial charge >= 0.3 is 0 Å². The first-order valence-corrected chi connectivity index (χ1v) is 7.08. The van der Waals surface area contributed by atoms with E-state index >= 15 is 0 Å². The minimum atomic E-state index is -0.312. The maximum Gasteiger partial charge on any atom is 0.257 e. The molecule has 24 heavy (non-hydrogen) atoms. The zero-order valence-electron chi connectivity index (χ0n) is 13.1. The molecule has 0 aliphatic rings. The Morgan fingerprint density at radius 1 is 1.12 bits per heavy atom. The highest BCUT2D eigenvalue weighted by Crippen LogP contribution is 2.29. The van der Waals surface area contributed by atoms with Gasteiger partial charge < -0.3 is 14.8 Å². The third-order valence-corrected chi connectivity index (χ3v) is 3.40. The van der Waals surface area contributed by atoms with Crippen molar-refractivity contribution in [2.75, 3.05) is 19.5 Å². The highest BCUT2D eigenvalue weighted by Gasteiger charge is 2.15. The summed E-state index contributed by atoms with van der Waals surface area (Å²) in [7, 11) is 3.09. The normalized spacial score (nSPS) is 10.2. The van der Waals surface area contributed by atoms with Crippen LogP contribution in [0.4, 0.5) is 5.69 Å². The number of nitrogens with one attached hydrogen (secondary N) is 1. The van der Waals surface area contributed by atoms with Gasteiger partial charge in [0.05, 0.1) is 31.2 Å². The molecule has 1 aromatic heterocycles. The van der Waals surface area contributed by atoms with Crippen molar-refractivity contribution < 1.29 is 14.3 Å². The molecule has 0 aliphatic heterocycles. The third-order valence-electron chi connectivity index (χ3n) is 3.40. The summed E-state index contributed by atoms with van der Waals surface area (Å²) < 4.78 is 11.9. The van der Waals surface area contributed by atoms with Crippen LogP contribution in [0.2, 0.25) is 0 Å². The van der Waals surface area contributed by atoms with Crippen LogP contribution < -0.4 is 14.8 Å². The molecule has 0 spiro atoms. The molecule has 2 aromatic carbocycles. The van der Waals surface area contributed by atoms with E-state index in [2.05, 4.69) is 20.8 Å². The van der Waals surface area contributed by atoms with E-state index in [1.165, 1.54) is 18.1 Å². The molecule has 3 rings (SSSR count). The van der Waals surface area contributed by atoms with Crippen molar-refractivity contribution in [3.05, 3.63) is 54.4 Å². The predicted octanol–water partition coefficient (Wildman–Crippen LogP) is 1.93. The van der Waals surface area contributed by atoms with Crippen molar-refractivity contribution in [3.8, 4) is 17.2 Å². The maximum atomic E-state index is 12.7. The number of hydrogen-bond acceptors (Lipinski definition) is 6. The van der Waals surface area contributed by atoms with Crippen LogP contribution in [0.5, 0.6) is 11.5 Å². The molecule has 8 heteroatoms. The van der Waals surface area contributed by atoms with Crippen molar-refractivity contribution in [2.45, 2.75) is 0 Å². The van der Waals surface area contributed by atoms with Crippen molar-refractivity contribution in [1.82, 2.24) is 20.2 Å². The summed E-state index contributed by atoms with van der Waals surface area (Å²) in [6.45, 7) is 0. The lowest BCUT2D eigenvalue weighted by atomic mass is 10.1. The van der Waals surface area contributed by atoms with Crippen molar-refractivity contribution in [1.29, 1.82) is 0 Å². The van der Waals surface area contributed by atoms with E-state index < -0.39 is 0 Å². The molecule has 1 amide bonds. The lowest BCUT2D eigenvalue weighted by molar-refractivity contribution is 0.102. The van der Waals surface area contributed by atoms with Crippen LogP contribution in [0.1, 0.15) is 10.4 Å². The highest BCUT2D eigenvalue weighted by molar-refractivity contribution is 6.07. The number of carbonyl (C=O) groups excluding carboxylic acids is 1. The van der Waals surface area contributed by atoms with E-state index in [0.717, 1.165) is 0 Å². The minimum Gasteiger partial charge on any atom is -0.497 e. The zero-order chi connectivity index (χ0) is 16.9. The molecule has 0 aliphatic carbocycles.